The van der Waals surface area contributed by atoms with Gasteiger partial charge < -0.3 is 5.32 Å². The van der Waals surface area contributed by atoms with Crippen LogP contribution in [0.15, 0.2) is 35.6 Å². The second-order valence-corrected chi connectivity index (χ2v) is 6.15. The third kappa shape index (κ3) is 4.20. The number of nitrogens with zero attached hydrogens (tertiary/aromatic N) is 3. The predicted molar refractivity (Wildman–Crippen MR) is 79.2 cm³/mol. The molecule has 0 radical (unpaired) electrons. The van der Waals surface area contributed by atoms with Crippen molar-refractivity contribution in [2.45, 2.75) is 25.3 Å². The van der Waals surface area contributed by atoms with E-state index in [0.717, 1.165) is 5.69 Å². The minimum Gasteiger partial charge on any atom is -0.370 e. The van der Waals surface area contributed by atoms with Crippen LogP contribution in [-0.4, -0.2) is 29.9 Å². The van der Waals surface area contributed by atoms with Crippen LogP contribution in [0.5, 0.6) is 0 Å². The number of hydrogen-bond acceptors (Lipinski definition) is 6. The summed E-state index contributed by atoms with van der Waals surface area (Å²) in [5.74, 6) is 0.524. The Labute approximate surface area is 123 Å². The van der Waals surface area contributed by atoms with E-state index in [1.165, 1.54) is 18.3 Å². The van der Waals surface area contributed by atoms with Gasteiger partial charge in [-0.15, -0.1) is 0 Å². The molecule has 2 aromatic rings. The summed E-state index contributed by atoms with van der Waals surface area (Å²) in [7, 11) is -3.61. The zero-order valence-corrected chi connectivity index (χ0v) is 12.7. The highest BCUT2D eigenvalue weighted by Crippen LogP contribution is 2.12. The molecule has 2 heterocycles. The van der Waals surface area contributed by atoms with E-state index < -0.39 is 10.0 Å². The van der Waals surface area contributed by atoms with E-state index in [4.69, 9.17) is 0 Å². The zero-order valence-electron chi connectivity index (χ0n) is 11.9. The Bertz CT molecular complexity index is 701. The van der Waals surface area contributed by atoms with Gasteiger partial charge in [-0.2, -0.15) is 0 Å². The molecule has 21 heavy (non-hydrogen) atoms. The topological polar surface area (TPSA) is 96.9 Å². The van der Waals surface area contributed by atoms with Gasteiger partial charge in [0, 0.05) is 25.0 Å². The van der Waals surface area contributed by atoms with Crippen LogP contribution in [0.3, 0.4) is 0 Å². The number of aromatic nitrogens is 3. The molecule has 0 saturated heterocycles. The van der Waals surface area contributed by atoms with Gasteiger partial charge in [0.05, 0.1) is 29.0 Å². The van der Waals surface area contributed by atoms with Gasteiger partial charge in [0.15, 0.2) is 0 Å². The first-order chi connectivity index (χ1) is 10.0. The molecule has 0 atom stereocenters. The normalized spacial score (nSPS) is 11.3. The number of rotatable bonds is 6. The van der Waals surface area contributed by atoms with E-state index in [0.29, 0.717) is 18.1 Å². The SMILES string of the molecule is CCNc1cc(S(=O)(=O)NCc2cnc(C)cn2)ccn1. The summed E-state index contributed by atoms with van der Waals surface area (Å²) in [4.78, 5) is 12.4. The molecular weight excluding hydrogens is 290 g/mol. The van der Waals surface area contributed by atoms with Crippen LogP contribution in [0.4, 0.5) is 5.82 Å². The van der Waals surface area contributed by atoms with Crippen molar-refractivity contribution in [1.82, 2.24) is 19.7 Å². The van der Waals surface area contributed by atoms with Gasteiger partial charge in [0.25, 0.3) is 0 Å². The van der Waals surface area contributed by atoms with Gasteiger partial charge in [-0.05, 0) is 19.9 Å². The molecule has 0 spiro atoms. The summed E-state index contributed by atoms with van der Waals surface area (Å²) >= 11 is 0. The lowest BCUT2D eigenvalue weighted by molar-refractivity contribution is 0.580. The lowest BCUT2D eigenvalue weighted by atomic mass is 10.4. The number of sulfonamides is 1. The van der Waals surface area contributed by atoms with Crippen LogP contribution in [0.25, 0.3) is 0 Å². The van der Waals surface area contributed by atoms with Crippen molar-refractivity contribution < 1.29 is 8.42 Å². The standard InChI is InChI=1S/C13H17N5O2S/c1-3-14-13-6-12(4-5-15-13)21(19,20)18-9-11-8-16-10(2)7-17-11/h4-8,18H,3,9H2,1-2H3,(H,14,15). The highest BCUT2D eigenvalue weighted by atomic mass is 32.2. The zero-order chi connectivity index (χ0) is 15.3. The fourth-order valence-electron chi connectivity index (χ4n) is 1.62. The molecule has 2 rings (SSSR count). The lowest BCUT2D eigenvalue weighted by Gasteiger charge is -2.08. The maximum Gasteiger partial charge on any atom is 0.241 e. The van der Waals surface area contributed by atoms with E-state index >= 15 is 0 Å². The van der Waals surface area contributed by atoms with Crippen LogP contribution < -0.4 is 10.0 Å². The van der Waals surface area contributed by atoms with Crippen molar-refractivity contribution in [3.05, 3.63) is 42.1 Å². The fourth-order valence-corrected chi connectivity index (χ4v) is 2.63. The molecule has 0 saturated carbocycles. The summed E-state index contributed by atoms with van der Waals surface area (Å²) in [6.07, 6.45) is 4.60. The molecular formula is C13H17N5O2S. The first-order valence-corrected chi connectivity index (χ1v) is 7.96. The second-order valence-electron chi connectivity index (χ2n) is 4.38. The fraction of sp³-hybridized carbons (Fsp3) is 0.308. The highest BCUT2D eigenvalue weighted by Gasteiger charge is 2.14. The molecule has 0 aliphatic rings. The highest BCUT2D eigenvalue weighted by molar-refractivity contribution is 7.89. The Kier molecular flexibility index (Phi) is 4.81. The Morgan fingerprint density at radius 3 is 2.67 bits per heavy atom. The quantitative estimate of drug-likeness (QED) is 0.829. The number of nitrogens with one attached hydrogen (secondary N) is 2. The molecule has 7 nitrogen and oxygen atoms in total. The van der Waals surface area contributed by atoms with E-state index in [9.17, 15) is 8.42 Å². The number of aryl methyl sites for hydroxylation is 1. The largest absolute Gasteiger partial charge is 0.370 e. The van der Waals surface area contributed by atoms with Gasteiger partial charge in [0.2, 0.25) is 10.0 Å². The average molecular weight is 307 g/mol. The molecule has 0 fully saturated rings. The summed E-state index contributed by atoms with van der Waals surface area (Å²) in [6.45, 7) is 4.49. The predicted octanol–water partition coefficient (Wildman–Crippen LogP) is 1.09. The van der Waals surface area contributed by atoms with Crippen molar-refractivity contribution in [3.63, 3.8) is 0 Å². The van der Waals surface area contributed by atoms with Crippen LogP contribution in [0.2, 0.25) is 0 Å². The summed E-state index contributed by atoms with van der Waals surface area (Å²) < 4.78 is 26.9. The van der Waals surface area contributed by atoms with Crippen molar-refractivity contribution in [2.24, 2.45) is 0 Å². The monoisotopic (exact) mass is 307 g/mol. The summed E-state index contributed by atoms with van der Waals surface area (Å²) in [5, 5.41) is 2.97. The van der Waals surface area contributed by atoms with Crippen LogP contribution >= 0.6 is 0 Å². The molecule has 8 heteroatoms. The van der Waals surface area contributed by atoms with Gasteiger partial charge in [0.1, 0.15) is 5.82 Å². The Balaban J connectivity index is 2.11. The maximum absolute atomic E-state index is 12.2. The molecule has 0 bridgehead atoms. The second kappa shape index (κ2) is 6.59. The van der Waals surface area contributed by atoms with Crippen molar-refractivity contribution in [1.29, 1.82) is 0 Å². The molecule has 0 aliphatic heterocycles. The molecule has 0 aliphatic carbocycles. The Hall–Kier alpha value is -2.06. The smallest absolute Gasteiger partial charge is 0.241 e. The third-order valence-corrected chi connectivity index (χ3v) is 4.08. The average Bonchev–Trinajstić information content (AvgIpc) is 2.47. The van der Waals surface area contributed by atoms with Crippen LogP contribution in [-0.2, 0) is 16.6 Å². The lowest BCUT2D eigenvalue weighted by Crippen LogP contribution is -2.24. The van der Waals surface area contributed by atoms with Crippen molar-refractivity contribution in [3.8, 4) is 0 Å². The van der Waals surface area contributed by atoms with E-state index in [1.807, 2.05) is 13.8 Å². The molecule has 0 unspecified atom stereocenters. The molecule has 0 amide bonds. The molecule has 2 aromatic heterocycles. The third-order valence-electron chi connectivity index (χ3n) is 2.68. The number of hydrogen-bond donors (Lipinski definition) is 2. The van der Waals surface area contributed by atoms with Gasteiger partial charge >= 0.3 is 0 Å². The summed E-state index contributed by atoms with van der Waals surface area (Å²) in [5.41, 5.74) is 1.34. The van der Waals surface area contributed by atoms with Gasteiger partial charge in [-0.25, -0.2) is 18.1 Å². The van der Waals surface area contributed by atoms with Gasteiger partial charge in [-0.3, -0.25) is 9.97 Å². The van der Waals surface area contributed by atoms with Gasteiger partial charge in [-0.1, -0.05) is 0 Å². The molecule has 2 N–H and O–H groups in total. The van der Waals surface area contributed by atoms with Crippen molar-refractivity contribution in [2.75, 3.05) is 11.9 Å². The Morgan fingerprint density at radius 1 is 1.19 bits per heavy atom. The first kappa shape index (κ1) is 15.3. The van der Waals surface area contributed by atoms with Crippen LogP contribution in [0, 0.1) is 6.92 Å². The minimum absolute atomic E-state index is 0.0917. The van der Waals surface area contributed by atoms with E-state index in [-0.39, 0.29) is 11.4 Å². The number of anilines is 1. The van der Waals surface area contributed by atoms with Crippen molar-refractivity contribution >= 4 is 15.8 Å². The molecule has 0 aromatic carbocycles. The van der Waals surface area contributed by atoms with E-state index in [2.05, 4.69) is 25.0 Å². The Morgan fingerprint density at radius 2 is 2.00 bits per heavy atom. The summed E-state index contributed by atoms with van der Waals surface area (Å²) in [6, 6.07) is 2.94. The van der Waals surface area contributed by atoms with E-state index in [1.54, 1.807) is 12.4 Å². The maximum atomic E-state index is 12.2. The number of pyridine rings is 1. The first-order valence-electron chi connectivity index (χ1n) is 6.48. The molecule has 112 valence electrons. The van der Waals surface area contributed by atoms with Crippen LogP contribution in [0.1, 0.15) is 18.3 Å². The minimum atomic E-state index is -3.61.